The van der Waals surface area contributed by atoms with Gasteiger partial charge in [0.15, 0.2) is 23.3 Å². The topological polar surface area (TPSA) is 40.6 Å². The molecule has 3 heterocycles. The Labute approximate surface area is 280 Å². The molecule has 0 aliphatic carbocycles. The van der Waals surface area contributed by atoms with Crippen molar-refractivity contribution in [1.29, 1.82) is 0 Å². The minimum absolute atomic E-state index is 0.115. The van der Waals surface area contributed by atoms with Crippen molar-refractivity contribution in [1.82, 2.24) is 23.9 Å². The normalized spacial score (nSPS) is 12.5. The third-order valence-electron chi connectivity index (χ3n) is 8.85. The molecule has 0 aliphatic heterocycles. The highest BCUT2D eigenvalue weighted by Crippen LogP contribution is 2.45. The number of hydrogen-bond acceptors (Lipinski definition) is 2. The van der Waals surface area contributed by atoms with E-state index in [4.69, 9.17) is 5.10 Å². The Bertz CT molecular complexity index is 2410. The van der Waals surface area contributed by atoms with E-state index in [2.05, 4.69) is 15.6 Å². The van der Waals surface area contributed by atoms with Gasteiger partial charge >= 0.3 is 0 Å². The lowest BCUT2D eigenvalue weighted by atomic mass is 9.80. The van der Waals surface area contributed by atoms with Crippen molar-refractivity contribution in [3.8, 4) is 33.9 Å². The van der Waals surface area contributed by atoms with Gasteiger partial charge < -0.3 is 9.13 Å². The van der Waals surface area contributed by atoms with E-state index in [9.17, 15) is 13.2 Å². The third-order valence-corrected chi connectivity index (χ3v) is 8.85. The zero-order chi connectivity index (χ0) is 35.2. The van der Waals surface area contributed by atoms with Gasteiger partial charge in [0.2, 0.25) is 5.82 Å². The van der Waals surface area contributed by atoms with E-state index in [0.29, 0.717) is 11.4 Å². The van der Waals surface area contributed by atoms with Crippen LogP contribution in [0.1, 0.15) is 52.9 Å². The van der Waals surface area contributed by atoms with Crippen molar-refractivity contribution in [2.45, 2.75) is 52.4 Å². The van der Waals surface area contributed by atoms with E-state index in [1.54, 1.807) is 31.6 Å². The smallest absolute Gasteiger partial charge is 0.200 e. The molecule has 0 radical (unpaired) electrons. The minimum atomic E-state index is -2.20. The van der Waals surface area contributed by atoms with Crippen LogP contribution in [0, 0.1) is 29.1 Å². The molecule has 0 aliphatic rings. The van der Waals surface area contributed by atoms with Gasteiger partial charge in [-0.3, -0.25) is 0 Å². The summed E-state index contributed by atoms with van der Waals surface area (Å²) in [5.41, 5.74) is 1.87. The molecule has 3 aromatic heterocycles. The Morgan fingerprint density at radius 2 is 1.27 bits per heavy atom. The number of nitrogens with zero attached hydrogens (tertiary/aromatic N) is 5. The number of rotatable bonds is 4. The average molecular weight is 668 g/mol. The van der Waals surface area contributed by atoms with Crippen LogP contribution in [-0.4, -0.2) is 23.9 Å². The highest BCUT2D eigenvalue weighted by atomic mass is 19.2. The van der Waals surface area contributed by atoms with Crippen LogP contribution < -0.4 is 0 Å². The summed E-state index contributed by atoms with van der Waals surface area (Å²) in [4.78, 5) is 4.52. The van der Waals surface area contributed by atoms with Crippen LogP contribution in [0.25, 0.3) is 55.7 Å². The summed E-state index contributed by atoms with van der Waals surface area (Å²) in [7, 11) is 1.94. The second-order valence-corrected chi connectivity index (χ2v) is 14.4. The van der Waals surface area contributed by atoms with Crippen molar-refractivity contribution in [2.75, 3.05) is 0 Å². The summed E-state index contributed by atoms with van der Waals surface area (Å²) in [5, 5.41) is 6.88. The summed E-state index contributed by atoms with van der Waals surface area (Å²) < 4.78 is 80.5. The Hall–Kier alpha value is -5.25. The van der Waals surface area contributed by atoms with E-state index in [1.807, 2.05) is 99.2 Å². The van der Waals surface area contributed by atoms with Gasteiger partial charge in [0.25, 0.3) is 0 Å². The third kappa shape index (κ3) is 5.03. The second kappa shape index (κ2) is 11.1. The first kappa shape index (κ1) is 32.3. The molecule has 0 saturated carbocycles. The number of hydrogen-bond donors (Lipinski definition) is 0. The lowest BCUT2D eigenvalue weighted by Gasteiger charge is -2.24. The van der Waals surface area contributed by atoms with Crippen LogP contribution in [0.3, 0.4) is 0 Å². The van der Waals surface area contributed by atoms with Gasteiger partial charge in [-0.1, -0.05) is 77.9 Å². The first-order chi connectivity index (χ1) is 23.1. The van der Waals surface area contributed by atoms with E-state index in [1.165, 1.54) is 0 Å². The van der Waals surface area contributed by atoms with Crippen LogP contribution >= 0.6 is 0 Å². The molecule has 0 amide bonds. The van der Waals surface area contributed by atoms with E-state index >= 15 is 8.78 Å². The van der Waals surface area contributed by atoms with E-state index in [-0.39, 0.29) is 11.3 Å². The molecule has 10 heteroatoms. The maximum absolute atomic E-state index is 15.6. The molecule has 0 N–H and O–H groups in total. The number of halogens is 5. The number of para-hydroxylation sites is 1. The largest absolute Gasteiger partial charge is 0.334 e. The highest BCUT2D eigenvalue weighted by molar-refractivity contribution is 6.09. The standard InChI is InChI=1S/C39H34F5N5/c1-38(2,3)35-29(28-30(40)32(42)34(44)33(43)31(28)41)36(39(4,5)6)49(46-35)23-15-16-25-24-13-8-9-14-26(24)48(27(25)20-23)22-12-10-11-21(19-22)37-45-17-18-47(37)7/h8-20H,1-7H3. The first-order valence-electron chi connectivity index (χ1n) is 15.9. The van der Waals surface area contributed by atoms with Crippen molar-refractivity contribution in [2.24, 2.45) is 7.05 Å². The Morgan fingerprint density at radius 1 is 0.612 bits per heavy atom. The fraction of sp³-hybridized carbons (Fsp3) is 0.231. The molecule has 0 fully saturated rings. The van der Waals surface area contributed by atoms with Crippen molar-refractivity contribution in [3.05, 3.63) is 120 Å². The molecular weight excluding hydrogens is 633 g/mol. The van der Waals surface area contributed by atoms with Crippen LogP contribution in [-0.2, 0) is 17.9 Å². The maximum Gasteiger partial charge on any atom is 0.200 e. The lowest BCUT2D eigenvalue weighted by molar-refractivity contribution is 0.381. The van der Waals surface area contributed by atoms with Gasteiger partial charge in [0, 0.05) is 57.9 Å². The van der Waals surface area contributed by atoms with Crippen molar-refractivity contribution < 1.29 is 22.0 Å². The monoisotopic (exact) mass is 667 g/mol. The predicted octanol–water partition coefficient (Wildman–Crippen LogP) is 10.3. The van der Waals surface area contributed by atoms with E-state index in [0.717, 1.165) is 38.9 Å². The maximum atomic E-state index is 15.6. The minimum Gasteiger partial charge on any atom is -0.334 e. The highest BCUT2D eigenvalue weighted by Gasteiger charge is 2.38. The van der Waals surface area contributed by atoms with Gasteiger partial charge in [0.1, 0.15) is 5.82 Å². The molecule has 0 saturated heterocycles. The summed E-state index contributed by atoms with van der Waals surface area (Å²) in [5.74, 6) is -9.18. The summed E-state index contributed by atoms with van der Waals surface area (Å²) in [6.07, 6.45) is 3.64. The van der Waals surface area contributed by atoms with Crippen LogP contribution in [0.5, 0.6) is 0 Å². The number of imidazole rings is 1. The molecule has 7 aromatic rings. The number of fused-ring (bicyclic) bond motifs is 3. The molecule has 0 unspecified atom stereocenters. The van der Waals surface area contributed by atoms with Crippen LogP contribution in [0.4, 0.5) is 22.0 Å². The SMILES string of the molecule is Cn1ccnc1-c1cccc(-n2c3ccccc3c3ccc(-n4nc(C(C)(C)C)c(-c5c(F)c(F)c(F)c(F)c5F)c4C(C)(C)C)cc32)c1. The molecule has 0 spiro atoms. The molecule has 49 heavy (non-hydrogen) atoms. The van der Waals surface area contributed by atoms with Crippen molar-refractivity contribution >= 4 is 21.8 Å². The Morgan fingerprint density at radius 3 is 1.90 bits per heavy atom. The first-order valence-corrected chi connectivity index (χ1v) is 15.9. The van der Waals surface area contributed by atoms with E-state index < -0.39 is 45.5 Å². The van der Waals surface area contributed by atoms with Crippen molar-refractivity contribution in [3.63, 3.8) is 0 Å². The zero-order valence-electron chi connectivity index (χ0n) is 28.1. The van der Waals surface area contributed by atoms with Gasteiger partial charge in [-0.2, -0.15) is 5.10 Å². The number of aromatic nitrogens is 5. The molecule has 5 nitrogen and oxygen atoms in total. The van der Waals surface area contributed by atoms with Gasteiger partial charge in [-0.05, 0) is 30.3 Å². The van der Waals surface area contributed by atoms with Crippen LogP contribution in [0.2, 0.25) is 0 Å². The van der Waals surface area contributed by atoms with Gasteiger partial charge in [0.05, 0.1) is 33.7 Å². The molecule has 7 rings (SSSR count). The molecule has 4 aromatic carbocycles. The number of aryl methyl sites for hydroxylation is 1. The van der Waals surface area contributed by atoms with Gasteiger partial charge in [-0.25, -0.2) is 31.6 Å². The van der Waals surface area contributed by atoms with Crippen LogP contribution in [0.15, 0.2) is 79.1 Å². The Balaban J connectivity index is 1.56. The molecule has 0 bridgehead atoms. The second-order valence-electron chi connectivity index (χ2n) is 14.4. The predicted molar refractivity (Wildman–Crippen MR) is 183 cm³/mol. The quantitative estimate of drug-likeness (QED) is 0.107. The summed E-state index contributed by atoms with van der Waals surface area (Å²) in [6.45, 7) is 10.8. The molecule has 250 valence electrons. The fourth-order valence-electron chi connectivity index (χ4n) is 6.68. The Kier molecular flexibility index (Phi) is 7.35. The summed E-state index contributed by atoms with van der Waals surface area (Å²) >= 11 is 0. The lowest BCUT2D eigenvalue weighted by Crippen LogP contribution is -2.20. The molecular formula is C39H34F5N5. The fourth-order valence-corrected chi connectivity index (χ4v) is 6.68. The van der Waals surface area contributed by atoms with Gasteiger partial charge in [-0.15, -0.1) is 0 Å². The summed E-state index contributed by atoms with van der Waals surface area (Å²) in [6, 6.07) is 21.8. The molecule has 0 atom stereocenters. The number of benzene rings is 4. The average Bonchev–Trinajstić information content (AvgIpc) is 3.76. The zero-order valence-corrected chi connectivity index (χ0v) is 28.1.